The average molecular weight is 377 g/mol. The van der Waals surface area contributed by atoms with Gasteiger partial charge in [0.05, 0.1) is 24.4 Å². The van der Waals surface area contributed by atoms with E-state index in [9.17, 15) is 14.7 Å². The number of aliphatic hydroxyl groups excluding tert-OH is 1. The first-order chi connectivity index (χ1) is 13.6. The highest BCUT2D eigenvalue weighted by Gasteiger charge is 2.20. The van der Waals surface area contributed by atoms with Gasteiger partial charge in [-0.1, -0.05) is 18.2 Å². The van der Waals surface area contributed by atoms with Crippen LogP contribution in [0, 0.1) is 0 Å². The summed E-state index contributed by atoms with van der Waals surface area (Å²) in [5, 5.41) is 23.4. The number of amides is 2. The molecule has 2 aromatic heterocycles. The predicted octanol–water partition coefficient (Wildman–Crippen LogP) is 1.70. The second kappa shape index (κ2) is 7.53. The zero-order chi connectivity index (χ0) is 19.5. The van der Waals surface area contributed by atoms with Crippen LogP contribution in [-0.4, -0.2) is 44.8 Å². The first kappa shape index (κ1) is 17.7. The van der Waals surface area contributed by atoms with Crippen molar-refractivity contribution in [3.8, 4) is 0 Å². The largest absolute Gasteiger partial charge is 0.394 e. The maximum atomic E-state index is 12.3. The highest BCUT2D eigenvalue weighted by atomic mass is 16.3. The van der Waals surface area contributed by atoms with Crippen LogP contribution in [0.5, 0.6) is 0 Å². The molecule has 1 atom stereocenters. The fraction of sp³-hybridized carbons (Fsp3) is 0.150. The lowest BCUT2D eigenvalue weighted by Gasteiger charge is -2.16. The molecule has 8 nitrogen and oxygen atoms in total. The van der Waals surface area contributed by atoms with Gasteiger partial charge in [0.15, 0.2) is 0 Å². The quantitative estimate of drug-likeness (QED) is 0.340. The number of aliphatic hydroxyl groups is 1. The summed E-state index contributed by atoms with van der Waals surface area (Å²) in [5.74, 6) is -1.59. The fourth-order valence-electron chi connectivity index (χ4n) is 3.19. The number of para-hydroxylation sites is 1. The van der Waals surface area contributed by atoms with Crippen LogP contribution in [0.25, 0.3) is 21.8 Å². The Morgan fingerprint density at radius 3 is 2.82 bits per heavy atom. The summed E-state index contributed by atoms with van der Waals surface area (Å²) < 4.78 is 0. The molecule has 8 heteroatoms. The number of aromatic amines is 2. The van der Waals surface area contributed by atoms with Gasteiger partial charge in [-0.3, -0.25) is 14.7 Å². The standard InChI is InChI=1S/C20H19N5O3/c26-11-15(7-12-9-21-18-4-2-1-3-16(12)18)24-20(28)19(27)23-14-5-6-17-13(8-14)10-22-25-17/h1-6,8-10,15,21,26H,7,11H2,(H,22,25)(H,23,27)(H,24,28). The fourth-order valence-corrected chi connectivity index (χ4v) is 3.19. The molecule has 0 radical (unpaired) electrons. The van der Waals surface area contributed by atoms with E-state index < -0.39 is 17.9 Å². The molecular formula is C20H19N5O3. The number of rotatable bonds is 5. The molecule has 2 aromatic carbocycles. The molecule has 28 heavy (non-hydrogen) atoms. The number of hydrogen-bond acceptors (Lipinski definition) is 4. The number of anilines is 1. The molecule has 0 aliphatic carbocycles. The van der Waals surface area contributed by atoms with E-state index in [1.165, 1.54) is 0 Å². The van der Waals surface area contributed by atoms with Crippen molar-refractivity contribution in [1.82, 2.24) is 20.5 Å². The van der Waals surface area contributed by atoms with Crippen LogP contribution in [0.4, 0.5) is 5.69 Å². The Labute approximate surface area is 159 Å². The van der Waals surface area contributed by atoms with E-state index >= 15 is 0 Å². The van der Waals surface area contributed by atoms with Crippen molar-refractivity contribution in [3.63, 3.8) is 0 Å². The van der Waals surface area contributed by atoms with Gasteiger partial charge in [0, 0.05) is 28.2 Å². The molecule has 5 N–H and O–H groups in total. The summed E-state index contributed by atoms with van der Waals surface area (Å²) in [4.78, 5) is 27.6. The lowest BCUT2D eigenvalue weighted by Crippen LogP contribution is -2.44. The van der Waals surface area contributed by atoms with Crippen molar-refractivity contribution in [3.05, 3.63) is 60.4 Å². The van der Waals surface area contributed by atoms with Crippen LogP contribution in [0.1, 0.15) is 5.56 Å². The third-order valence-corrected chi connectivity index (χ3v) is 4.60. The number of carbonyl (C=O) groups excluding carboxylic acids is 2. The molecular weight excluding hydrogens is 358 g/mol. The van der Waals surface area contributed by atoms with Crippen molar-refractivity contribution in [2.24, 2.45) is 0 Å². The van der Waals surface area contributed by atoms with Crippen LogP contribution in [-0.2, 0) is 16.0 Å². The predicted molar refractivity (Wildman–Crippen MR) is 106 cm³/mol. The maximum absolute atomic E-state index is 12.3. The number of H-pyrrole nitrogens is 2. The Bertz CT molecular complexity index is 1150. The maximum Gasteiger partial charge on any atom is 0.313 e. The molecule has 4 rings (SSSR count). The lowest BCUT2D eigenvalue weighted by molar-refractivity contribution is -0.136. The van der Waals surface area contributed by atoms with E-state index in [4.69, 9.17) is 0 Å². The summed E-state index contributed by atoms with van der Waals surface area (Å²) >= 11 is 0. The van der Waals surface area contributed by atoms with Gasteiger partial charge in [-0.25, -0.2) is 0 Å². The number of nitrogens with zero attached hydrogens (tertiary/aromatic N) is 1. The zero-order valence-electron chi connectivity index (χ0n) is 14.9. The Hall–Kier alpha value is -3.65. The Balaban J connectivity index is 1.41. The monoisotopic (exact) mass is 377 g/mol. The number of benzene rings is 2. The van der Waals surface area contributed by atoms with E-state index in [1.54, 1.807) is 24.4 Å². The summed E-state index contributed by atoms with van der Waals surface area (Å²) in [6.07, 6.45) is 3.88. The number of nitrogens with one attached hydrogen (secondary N) is 4. The molecule has 4 aromatic rings. The van der Waals surface area contributed by atoms with Crippen LogP contribution >= 0.6 is 0 Å². The van der Waals surface area contributed by atoms with E-state index in [1.807, 2.05) is 30.5 Å². The van der Waals surface area contributed by atoms with Gasteiger partial charge < -0.3 is 20.7 Å². The first-order valence-corrected chi connectivity index (χ1v) is 8.85. The summed E-state index contributed by atoms with van der Waals surface area (Å²) in [6.45, 7) is -0.278. The third-order valence-electron chi connectivity index (χ3n) is 4.60. The van der Waals surface area contributed by atoms with Gasteiger partial charge in [0.1, 0.15) is 0 Å². The van der Waals surface area contributed by atoms with Crippen molar-refractivity contribution in [2.75, 3.05) is 11.9 Å². The molecule has 1 unspecified atom stereocenters. The number of aromatic nitrogens is 3. The Morgan fingerprint density at radius 1 is 1.11 bits per heavy atom. The van der Waals surface area contributed by atoms with E-state index in [-0.39, 0.29) is 6.61 Å². The van der Waals surface area contributed by atoms with Crippen LogP contribution in [0.3, 0.4) is 0 Å². The minimum atomic E-state index is -0.800. The zero-order valence-corrected chi connectivity index (χ0v) is 14.9. The highest BCUT2D eigenvalue weighted by molar-refractivity contribution is 6.39. The SMILES string of the molecule is O=C(Nc1ccc2[nH]ncc2c1)C(=O)NC(CO)Cc1c[nH]c2ccccc12. The molecule has 0 bridgehead atoms. The normalized spacial score (nSPS) is 12.2. The minimum absolute atomic E-state index is 0.278. The minimum Gasteiger partial charge on any atom is -0.394 e. The molecule has 2 amide bonds. The van der Waals surface area contributed by atoms with Gasteiger partial charge in [-0.2, -0.15) is 5.10 Å². The molecule has 0 aliphatic rings. The Morgan fingerprint density at radius 2 is 1.96 bits per heavy atom. The smallest absolute Gasteiger partial charge is 0.313 e. The average Bonchev–Trinajstić information content (AvgIpc) is 3.34. The van der Waals surface area contributed by atoms with Gasteiger partial charge >= 0.3 is 11.8 Å². The van der Waals surface area contributed by atoms with Gasteiger partial charge in [-0.15, -0.1) is 0 Å². The van der Waals surface area contributed by atoms with E-state index in [0.717, 1.165) is 27.4 Å². The van der Waals surface area contributed by atoms with E-state index in [2.05, 4.69) is 25.8 Å². The summed E-state index contributed by atoms with van der Waals surface area (Å²) in [5.41, 5.74) is 3.27. The van der Waals surface area contributed by atoms with Gasteiger partial charge in [0.2, 0.25) is 0 Å². The summed E-state index contributed by atoms with van der Waals surface area (Å²) in [7, 11) is 0. The van der Waals surface area contributed by atoms with Gasteiger partial charge in [-0.05, 0) is 36.2 Å². The molecule has 0 spiro atoms. The topological polar surface area (TPSA) is 123 Å². The number of hydrogen-bond donors (Lipinski definition) is 5. The molecule has 142 valence electrons. The summed E-state index contributed by atoms with van der Waals surface area (Å²) in [6, 6.07) is 12.4. The van der Waals surface area contributed by atoms with Crippen molar-refractivity contribution < 1.29 is 14.7 Å². The molecule has 0 aliphatic heterocycles. The molecule has 0 saturated carbocycles. The molecule has 2 heterocycles. The highest BCUT2D eigenvalue weighted by Crippen LogP contribution is 2.19. The second-order valence-electron chi connectivity index (χ2n) is 6.54. The van der Waals surface area contributed by atoms with Gasteiger partial charge in [0.25, 0.3) is 0 Å². The van der Waals surface area contributed by atoms with E-state index in [0.29, 0.717) is 12.1 Å². The Kier molecular flexibility index (Phi) is 4.77. The number of fused-ring (bicyclic) bond motifs is 2. The van der Waals surface area contributed by atoms with Crippen molar-refractivity contribution >= 4 is 39.3 Å². The van der Waals surface area contributed by atoms with Crippen LogP contribution in [0.2, 0.25) is 0 Å². The second-order valence-corrected chi connectivity index (χ2v) is 6.54. The number of carbonyl (C=O) groups is 2. The third kappa shape index (κ3) is 3.58. The molecule has 0 fully saturated rings. The van der Waals surface area contributed by atoms with Crippen molar-refractivity contribution in [1.29, 1.82) is 0 Å². The first-order valence-electron chi connectivity index (χ1n) is 8.85. The van der Waals surface area contributed by atoms with Crippen molar-refractivity contribution in [2.45, 2.75) is 12.5 Å². The van der Waals surface area contributed by atoms with Crippen LogP contribution < -0.4 is 10.6 Å². The van der Waals surface area contributed by atoms with Crippen LogP contribution in [0.15, 0.2) is 54.9 Å². The molecule has 0 saturated heterocycles. The lowest BCUT2D eigenvalue weighted by atomic mass is 10.1.